The Morgan fingerprint density at radius 3 is 1.71 bits per heavy atom. The Hall–Kier alpha value is -4.18. The zero-order valence-corrected chi connectivity index (χ0v) is 19.9. The van der Waals surface area contributed by atoms with Crippen molar-refractivity contribution in [3.05, 3.63) is 115 Å². The van der Waals surface area contributed by atoms with Crippen LogP contribution in [0.4, 0.5) is 0 Å². The molecule has 0 saturated heterocycles. The molecule has 0 fully saturated rings. The van der Waals surface area contributed by atoms with Gasteiger partial charge >= 0.3 is 11.9 Å². The van der Waals surface area contributed by atoms with Gasteiger partial charge < -0.3 is 9.47 Å². The number of hydrogen-bond donors (Lipinski definition) is 0. The minimum Gasteiger partial charge on any atom is -0.463 e. The molecule has 0 atom stereocenters. The van der Waals surface area contributed by atoms with Gasteiger partial charge in [-0.25, -0.2) is 9.59 Å². The van der Waals surface area contributed by atoms with Gasteiger partial charge in [0.15, 0.2) is 0 Å². The minimum atomic E-state index is -0.420. The van der Waals surface area contributed by atoms with E-state index < -0.39 is 11.9 Å². The first-order valence-corrected chi connectivity index (χ1v) is 11.6. The van der Waals surface area contributed by atoms with E-state index in [-0.39, 0.29) is 0 Å². The summed E-state index contributed by atoms with van der Waals surface area (Å²) in [4.78, 5) is 22.6. The van der Waals surface area contributed by atoms with Crippen LogP contribution in [0, 0.1) is 0 Å². The summed E-state index contributed by atoms with van der Waals surface area (Å²) in [6, 6.07) is 23.1. The Balaban J connectivity index is 1.80. The second kappa shape index (κ2) is 12.9. The third-order valence-corrected chi connectivity index (χ3v) is 5.58. The number of hydrogen-bond acceptors (Lipinski definition) is 4. The van der Waals surface area contributed by atoms with Crippen LogP contribution in [-0.2, 0) is 31.9 Å². The molecule has 0 radical (unpaired) electrons. The maximum Gasteiger partial charge on any atom is 0.330 e. The molecule has 0 aromatic heterocycles. The number of carbonyl (C=O) groups excluding carboxylic acids is 2. The van der Waals surface area contributed by atoms with Gasteiger partial charge in [-0.3, -0.25) is 0 Å². The monoisotopic (exact) mass is 466 g/mol. The number of benzene rings is 3. The van der Waals surface area contributed by atoms with Crippen molar-refractivity contribution in [2.45, 2.75) is 19.3 Å². The lowest BCUT2D eigenvalue weighted by Crippen LogP contribution is -2.04. The standard InChI is InChI=1S/C31H30O4/c1-4-23-9-13-26(14-10-23)28-20-25(17-19-35-31(33)6-3)21-29(22-28)27-15-11-24(12-16-27)8-7-18-34-30(32)5-2/h4-6,9-16,20-22H,1-3,7-8,17-19H2. The minimum absolute atomic E-state index is 0.290. The maximum absolute atomic E-state index is 11.4. The van der Waals surface area contributed by atoms with Gasteiger partial charge in [-0.15, -0.1) is 0 Å². The van der Waals surface area contributed by atoms with Crippen LogP contribution in [0.3, 0.4) is 0 Å². The van der Waals surface area contributed by atoms with Gasteiger partial charge in [0.25, 0.3) is 0 Å². The number of aryl methyl sites for hydroxylation is 1. The van der Waals surface area contributed by atoms with Gasteiger partial charge in [0.2, 0.25) is 0 Å². The van der Waals surface area contributed by atoms with Crippen LogP contribution < -0.4 is 0 Å². The SMILES string of the molecule is C=CC(=O)OCCCc1ccc(-c2cc(CCOC(=O)C=C)cc(-c3ccc(C=C)cc3)c2)cc1. The fraction of sp³-hybridized carbons (Fsp3) is 0.161. The summed E-state index contributed by atoms with van der Waals surface area (Å²) >= 11 is 0. The summed E-state index contributed by atoms with van der Waals surface area (Å²) in [7, 11) is 0. The van der Waals surface area contributed by atoms with Gasteiger partial charge in [-0.1, -0.05) is 86.5 Å². The molecule has 0 heterocycles. The lowest BCUT2D eigenvalue weighted by Gasteiger charge is -2.12. The van der Waals surface area contributed by atoms with Crippen LogP contribution in [0.15, 0.2) is 98.6 Å². The Morgan fingerprint density at radius 2 is 1.17 bits per heavy atom. The van der Waals surface area contributed by atoms with E-state index in [1.54, 1.807) is 0 Å². The maximum atomic E-state index is 11.4. The number of ether oxygens (including phenoxy) is 2. The van der Waals surface area contributed by atoms with Gasteiger partial charge in [0.05, 0.1) is 13.2 Å². The van der Waals surface area contributed by atoms with E-state index in [1.165, 1.54) is 17.7 Å². The van der Waals surface area contributed by atoms with Gasteiger partial charge in [-0.2, -0.15) is 0 Å². The first kappa shape index (κ1) is 25.4. The van der Waals surface area contributed by atoms with Crippen LogP contribution in [0.2, 0.25) is 0 Å². The first-order chi connectivity index (χ1) is 17.0. The number of rotatable bonds is 12. The highest BCUT2D eigenvalue weighted by molar-refractivity contribution is 5.81. The molecule has 3 rings (SSSR count). The van der Waals surface area contributed by atoms with Crippen molar-refractivity contribution in [2.24, 2.45) is 0 Å². The van der Waals surface area contributed by atoms with Crippen LogP contribution in [-0.4, -0.2) is 25.2 Å². The first-order valence-electron chi connectivity index (χ1n) is 11.6. The average molecular weight is 467 g/mol. The van der Waals surface area contributed by atoms with E-state index in [9.17, 15) is 9.59 Å². The number of esters is 2. The Labute approximate surface area is 207 Å². The van der Waals surface area contributed by atoms with E-state index in [0.717, 1.165) is 46.2 Å². The molecular weight excluding hydrogens is 436 g/mol. The summed E-state index contributed by atoms with van der Waals surface area (Å²) in [5, 5.41) is 0. The molecule has 0 aliphatic carbocycles. The molecule has 3 aromatic rings. The van der Waals surface area contributed by atoms with Crippen molar-refractivity contribution in [1.29, 1.82) is 0 Å². The second-order valence-electron chi connectivity index (χ2n) is 8.04. The van der Waals surface area contributed by atoms with Gasteiger partial charge in [0, 0.05) is 18.6 Å². The Morgan fingerprint density at radius 1 is 0.629 bits per heavy atom. The highest BCUT2D eigenvalue weighted by atomic mass is 16.5. The molecule has 4 heteroatoms. The van der Waals surface area contributed by atoms with Crippen LogP contribution in [0.5, 0.6) is 0 Å². The molecule has 3 aromatic carbocycles. The van der Waals surface area contributed by atoms with Crippen molar-refractivity contribution in [3.8, 4) is 22.3 Å². The molecular formula is C31H30O4. The van der Waals surface area contributed by atoms with Crippen LogP contribution in [0.1, 0.15) is 23.1 Å². The highest BCUT2D eigenvalue weighted by Crippen LogP contribution is 2.29. The van der Waals surface area contributed by atoms with Crippen LogP contribution in [0.25, 0.3) is 28.3 Å². The Kier molecular flexibility index (Phi) is 9.38. The van der Waals surface area contributed by atoms with E-state index in [2.05, 4.69) is 74.3 Å². The summed E-state index contributed by atoms with van der Waals surface area (Å²) in [6.07, 6.45) is 6.35. The molecule has 0 saturated carbocycles. The highest BCUT2D eigenvalue weighted by Gasteiger charge is 2.08. The summed E-state index contributed by atoms with van der Waals surface area (Å²) < 4.78 is 10.2. The third-order valence-electron chi connectivity index (χ3n) is 5.58. The fourth-order valence-electron chi connectivity index (χ4n) is 3.68. The molecule has 0 unspecified atom stereocenters. The van der Waals surface area contributed by atoms with E-state index in [1.807, 2.05) is 18.2 Å². The zero-order chi connectivity index (χ0) is 25.0. The van der Waals surface area contributed by atoms with Crippen molar-refractivity contribution in [1.82, 2.24) is 0 Å². The largest absolute Gasteiger partial charge is 0.463 e. The van der Waals surface area contributed by atoms with Crippen molar-refractivity contribution in [3.63, 3.8) is 0 Å². The van der Waals surface area contributed by atoms with E-state index >= 15 is 0 Å². The van der Waals surface area contributed by atoms with Crippen molar-refractivity contribution >= 4 is 18.0 Å². The normalized spacial score (nSPS) is 10.3. The molecule has 178 valence electrons. The smallest absolute Gasteiger partial charge is 0.330 e. The predicted molar refractivity (Wildman–Crippen MR) is 142 cm³/mol. The summed E-state index contributed by atoms with van der Waals surface area (Å²) in [5.41, 5.74) is 7.71. The van der Waals surface area contributed by atoms with Crippen LogP contribution >= 0.6 is 0 Å². The molecule has 4 nitrogen and oxygen atoms in total. The molecule has 0 amide bonds. The van der Waals surface area contributed by atoms with Crippen molar-refractivity contribution < 1.29 is 19.1 Å². The molecule has 0 aliphatic heterocycles. The average Bonchev–Trinajstić information content (AvgIpc) is 2.91. The fourth-order valence-corrected chi connectivity index (χ4v) is 3.68. The van der Waals surface area contributed by atoms with Crippen molar-refractivity contribution in [2.75, 3.05) is 13.2 Å². The molecule has 0 spiro atoms. The number of carbonyl (C=O) groups is 2. The van der Waals surface area contributed by atoms with Gasteiger partial charge in [0.1, 0.15) is 0 Å². The molecule has 0 N–H and O–H groups in total. The summed E-state index contributed by atoms with van der Waals surface area (Å²) in [6.45, 7) is 11.3. The molecule has 0 bridgehead atoms. The topological polar surface area (TPSA) is 52.6 Å². The Bertz CT molecular complexity index is 1190. The summed E-state index contributed by atoms with van der Waals surface area (Å²) in [5.74, 6) is -0.814. The lowest BCUT2D eigenvalue weighted by atomic mass is 9.94. The second-order valence-corrected chi connectivity index (χ2v) is 8.04. The zero-order valence-electron chi connectivity index (χ0n) is 19.9. The molecule has 35 heavy (non-hydrogen) atoms. The quantitative estimate of drug-likeness (QED) is 0.171. The molecule has 0 aliphatic rings. The predicted octanol–water partition coefficient (Wildman–Crippen LogP) is 6.60. The van der Waals surface area contributed by atoms with E-state index in [4.69, 9.17) is 9.47 Å². The third kappa shape index (κ3) is 7.68. The lowest BCUT2D eigenvalue weighted by molar-refractivity contribution is -0.138. The van der Waals surface area contributed by atoms with Gasteiger partial charge in [-0.05, 0) is 57.9 Å². The van der Waals surface area contributed by atoms with E-state index in [0.29, 0.717) is 19.6 Å².